The lowest BCUT2D eigenvalue weighted by Gasteiger charge is -2.14. The van der Waals surface area contributed by atoms with Gasteiger partial charge in [-0.3, -0.25) is 4.79 Å². The lowest BCUT2D eigenvalue weighted by atomic mass is 10.0. The molecule has 184 valence electrons. The maximum absolute atomic E-state index is 11.3. The van der Waals surface area contributed by atoms with Crippen molar-refractivity contribution in [3.8, 4) is 16.9 Å². The standard InChI is InChI=1S/C24H24N2O2.C2HF3O2/c25-24(27)20-6-3-5-19(16-20)17-8-11-21(12-9-17)28-15-14-26-23-13-10-18-4-1-2-7-22(18)23;3-2(4,5)1(6)7/h1-9,11-12,16,23,26H,10,13-15H2,(H2,25,27);(H,6,7). The first-order valence-corrected chi connectivity index (χ1v) is 10.9. The Morgan fingerprint density at radius 1 is 1.00 bits per heavy atom. The Hall–Kier alpha value is -3.85. The number of carboxylic acids is 1. The Morgan fingerprint density at radius 3 is 2.34 bits per heavy atom. The Labute approximate surface area is 200 Å². The fraction of sp³-hybridized carbons (Fsp3) is 0.231. The van der Waals surface area contributed by atoms with Crippen LogP contribution in [0.5, 0.6) is 5.75 Å². The van der Waals surface area contributed by atoms with Crippen LogP contribution in [0.25, 0.3) is 11.1 Å². The second-order valence-corrected chi connectivity index (χ2v) is 7.87. The van der Waals surface area contributed by atoms with Gasteiger partial charge in [0.05, 0.1) is 0 Å². The summed E-state index contributed by atoms with van der Waals surface area (Å²) in [6.45, 7) is 1.43. The first-order chi connectivity index (χ1) is 16.6. The minimum Gasteiger partial charge on any atom is -0.492 e. The van der Waals surface area contributed by atoms with Crippen LogP contribution in [0.15, 0.2) is 72.8 Å². The van der Waals surface area contributed by atoms with Crippen LogP contribution in [0.2, 0.25) is 0 Å². The number of ether oxygens (including phenoxy) is 1. The zero-order valence-corrected chi connectivity index (χ0v) is 18.7. The highest BCUT2D eigenvalue weighted by atomic mass is 19.4. The van der Waals surface area contributed by atoms with E-state index in [0.717, 1.165) is 36.3 Å². The molecule has 0 saturated carbocycles. The van der Waals surface area contributed by atoms with Gasteiger partial charge in [-0.15, -0.1) is 0 Å². The molecule has 4 rings (SSSR count). The van der Waals surface area contributed by atoms with E-state index in [1.165, 1.54) is 11.1 Å². The number of aliphatic carboxylic acids is 1. The Balaban J connectivity index is 0.000000429. The normalized spacial score (nSPS) is 14.4. The SMILES string of the molecule is NC(=O)c1cccc(-c2ccc(OCCNC3CCc4ccccc43)cc2)c1.O=C(O)C(F)(F)F. The first kappa shape index (κ1) is 25.8. The molecule has 0 fully saturated rings. The van der Waals surface area contributed by atoms with Gasteiger partial charge in [0.25, 0.3) is 0 Å². The van der Waals surface area contributed by atoms with Crippen LogP contribution in [0.4, 0.5) is 13.2 Å². The number of alkyl halides is 3. The van der Waals surface area contributed by atoms with Crippen LogP contribution in [0, 0.1) is 0 Å². The summed E-state index contributed by atoms with van der Waals surface area (Å²) in [5.41, 5.74) is 10.7. The quantitative estimate of drug-likeness (QED) is 0.419. The molecule has 1 unspecified atom stereocenters. The summed E-state index contributed by atoms with van der Waals surface area (Å²) in [6.07, 6.45) is -2.79. The van der Waals surface area contributed by atoms with E-state index in [-0.39, 0.29) is 0 Å². The van der Waals surface area contributed by atoms with Gasteiger partial charge in [0.1, 0.15) is 12.4 Å². The van der Waals surface area contributed by atoms with Crippen molar-refractivity contribution in [3.63, 3.8) is 0 Å². The van der Waals surface area contributed by atoms with Crippen molar-refractivity contribution in [2.45, 2.75) is 25.1 Å². The zero-order valence-electron chi connectivity index (χ0n) is 18.7. The highest BCUT2D eigenvalue weighted by Crippen LogP contribution is 2.30. The molecule has 0 spiro atoms. The van der Waals surface area contributed by atoms with Crippen molar-refractivity contribution in [1.82, 2.24) is 5.32 Å². The third-order valence-electron chi connectivity index (χ3n) is 5.47. The topological polar surface area (TPSA) is 102 Å². The number of halogens is 3. The molecule has 9 heteroatoms. The van der Waals surface area contributed by atoms with Gasteiger partial charge in [0, 0.05) is 18.2 Å². The molecule has 3 aromatic carbocycles. The molecule has 0 heterocycles. The van der Waals surface area contributed by atoms with Crippen LogP contribution in [-0.2, 0) is 11.2 Å². The number of primary amides is 1. The zero-order chi connectivity index (χ0) is 25.4. The number of hydrogen-bond donors (Lipinski definition) is 3. The van der Waals surface area contributed by atoms with Crippen LogP contribution in [0.1, 0.15) is 33.9 Å². The summed E-state index contributed by atoms with van der Waals surface area (Å²) >= 11 is 0. The molecule has 0 saturated heterocycles. The summed E-state index contributed by atoms with van der Waals surface area (Å²) in [5, 5.41) is 10.7. The fourth-order valence-electron chi connectivity index (χ4n) is 3.77. The highest BCUT2D eigenvalue weighted by molar-refractivity contribution is 5.94. The second-order valence-electron chi connectivity index (χ2n) is 7.87. The van der Waals surface area contributed by atoms with Crippen LogP contribution >= 0.6 is 0 Å². The minimum atomic E-state index is -5.08. The van der Waals surface area contributed by atoms with Gasteiger partial charge in [-0.2, -0.15) is 13.2 Å². The van der Waals surface area contributed by atoms with E-state index >= 15 is 0 Å². The molecule has 0 bridgehead atoms. The average molecular weight is 486 g/mol. The molecule has 1 aliphatic carbocycles. The maximum Gasteiger partial charge on any atom is 0.490 e. The lowest BCUT2D eigenvalue weighted by molar-refractivity contribution is -0.192. The number of nitrogens with two attached hydrogens (primary N) is 1. The monoisotopic (exact) mass is 486 g/mol. The van der Waals surface area contributed by atoms with Crippen molar-refractivity contribution in [1.29, 1.82) is 0 Å². The van der Waals surface area contributed by atoms with Crippen LogP contribution < -0.4 is 15.8 Å². The number of hydrogen-bond acceptors (Lipinski definition) is 4. The van der Waals surface area contributed by atoms with Crippen LogP contribution in [0.3, 0.4) is 0 Å². The predicted molar refractivity (Wildman–Crippen MR) is 125 cm³/mol. The summed E-state index contributed by atoms with van der Waals surface area (Å²) in [7, 11) is 0. The van der Waals surface area contributed by atoms with Crippen LogP contribution in [-0.4, -0.2) is 36.3 Å². The number of benzene rings is 3. The predicted octanol–water partition coefficient (Wildman–Crippen LogP) is 4.74. The first-order valence-electron chi connectivity index (χ1n) is 10.9. The van der Waals surface area contributed by atoms with E-state index in [2.05, 4.69) is 29.6 Å². The fourth-order valence-corrected chi connectivity index (χ4v) is 3.77. The summed E-state index contributed by atoms with van der Waals surface area (Å²) in [6, 6.07) is 24.3. The van der Waals surface area contributed by atoms with Crippen molar-refractivity contribution in [3.05, 3.63) is 89.5 Å². The van der Waals surface area contributed by atoms with E-state index in [1.54, 1.807) is 6.07 Å². The van der Waals surface area contributed by atoms with Gasteiger partial charge < -0.3 is 20.9 Å². The number of aryl methyl sites for hydroxylation is 1. The third-order valence-corrected chi connectivity index (χ3v) is 5.47. The van der Waals surface area contributed by atoms with Crippen molar-refractivity contribution < 1.29 is 32.6 Å². The Morgan fingerprint density at radius 2 is 1.69 bits per heavy atom. The number of amides is 1. The van der Waals surface area contributed by atoms with Crippen molar-refractivity contribution in [2.75, 3.05) is 13.2 Å². The van der Waals surface area contributed by atoms with E-state index in [4.69, 9.17) is 20.4 Å². The summed E-state index contributed by atoms with van der Waals surface area (Å²) in [4.78, 5) is 20.2. The lowest BCUT2D eigenvalue weighted by Crippen LogP contribution is -2.24. The van der Waals surface area contributed by atoms with E-state index in [0.29, 0.717) is 18.2 Å². The number of carbonyl (C=O) groups is 2. The summed E-state index contributed by atoms with van der Waals surface area (Å²) in [5.74, 6) is -2.34. The molecular weight excluding hydrogens is 461 g/mol. The molecular formula is C26H25F3N2O4. The van der Waals surface area contributed by atoms with Gasteiger partial charge in [-0.05, 0) is 59.4 Å². The van der Waals surface area contributed by atoms with Gasteiger partial charge in [-0.25, -0.2) is 4.79 Å². The molecule has 3 aromatic rings. The van der Waals surface area contributed by atoms with E-state index in [1.807, 2.05) is 42.5 Å². The number of carboxylic acid groups (broad SMARTS) is 1. The van der Waals surface area contributed by atoms with Crippen molar-refractivity contribution >= 4 is 11.9 Å². The van der Waals surface area contributed by atoms with Gasteiger partial charge >= 0.3 is 12.1 Å². The molecule has 1 atom stereocenters. The van der Waals surface area contributed by atoms with Gasteiger partial charge in [-0.1, -0.05) is 48.5 Å². The molecule has 4 N–H and O–H groups in total. The van der Waals surface area contributed by atoms with Gasteiger partial charge in [0.15, 0.2) is 0 Å². The average Bonchev–Trinajstić information content (AvgIpc) is 3.25. The minimum absolute atomic E-state index is 0.417. The number of nitrogens with one attached hydrogen (secondary N) is 1. The molecule has 1 aliphatic rings. The number of carbonyl (C=O) groups excluding carboxylic acids is 1. The van der Waals surface area contributed by atoms with Crippen molar-refractivity contribution in [2.24, 2.45) is 5.73 Å². The number of fused-ring (bicyclic) bond motifs is 1. The summed E-state index contributed by atoms with van der Waals surface area (Å²) < 4.78 is 37.6. The Bertz CT molecular complexity index is 1160. The van der Waals surface area contributed by atoms with E-state index < -0.39 is 18.1 Å². The largest absolute Gasteiger partial charge is 0.492 e. The maximum atomic E-state index is 11.3. The highest BCUT2D eigenvalue weighted by Gasteiger charge is 2.38. The molecule has 35 heavy (non-hydrogen) atoms. The molecule has 0 aromatic heterocycles. The van der Waals surface area contributed by atoms with E-state index in [9.17, 15) is 18.0 Å². The molecule has 0 radical (unpaired) electrons. The van der Waals surface area contributed by atoms with Gasteiger partial charge in [0.2, 0.25) is 5.91 Å². The third kappa shape index (κ3) is 7.31. The molecule has 1 amide bonds. The molecule has 6 nitrogen and oxygen atoms in total. The smallest absolute Gasteiger partial charge is 0.490 e. The second kappa shape index (κ2) is 11.5. The Kier molecular flexibility index (Phi) is 8.48. The molecule has 0 aliphatic heterocycles. The number of rotatable bonds is 7.